The van der Waals surface area contributed by atoms with Crippen molar-refractivity contribution in [3.8, 4) is 17.3 Å². The molecule has 1 saturated carbocycles. The van der Waals surface area contributed by atoms with E-state index in [9.17, 15) is 0 Å². The minimum Gasteiger partial charge on any atom is -0.481 e. The van der Waals surface area contributed by atoms with E-state index in [4.69, 9.17) is 15.0 Å². The first-order valence-electron chi connectivity index (χ1n) is 6.85. The molecule has 2 heterocycles. The van der Waals surface area contributed by atoms with Crippen LogP contribution < -0.4 is 10.5 Å². The summed E-state index contributed by atoms with van der Waals surface area (Å²) in [7, 11) is 1.58. The molecular weight excluding hydrogens is 292 g/mol. The number of nitrogens with two attached hydrogens (primary N) is 1. The Balaban J connectivity index is 0.00000161. The predicted molar refractivity (Wildman–Crippen MR) is 80.3 cm³/mol. The predicted octanol–water partition coefficient (Wildman–Crippen LogP) is 2.68. The number of aromatic nitrogens is 3. The van der Waals surface area contributed by atoms with Crippen LogP contribution in [0.5, 0.6) is 5.88 Å². The number of halogens is 1. The smallest absolute Gasteiger partial charge is 0.247 e. The van der Waals surface area contributed by atoms with Crippen LogP contribution in [0, 0.1) is 0 Å². The molecule has 0 aromatic carbocycles. The summed E-state index contributed by atoms with van der Waals surface area (Å²) in [6.45, 7) is 0. The fourth-order valence-electron chi connectivity index (χ4n) is 2.57. The van der Waals surface area contributed by atoms with Gasteiger partial charge in [0.05, 0.1) is 12.6 Å². The fraction of sp³-hybridized carbons (Fsp3) is 0.500. The van der Waals surface area contributed by atoms with E-state index in [1.165, 1.54) is 6.42 Å². The molecule has 114 valence electrons. The molecule has 0 aliphatic heterocycles. The van der Waals surface area contributed by atoms with Crippen molar-refractivity contribution in [3.05, 3.63) is 24.2 Å². The van der Waals surface area contributed by atoms with Gasteiger partial charge in [-0.2, -0.15) is 4.98 Å². The second-order valence-corrected chi connectivity index (χ2v) is 5.23. The van der Waals surface area contributed by atoms with Crippen molar-refractivity contribution < 1.29 is 9.26 Å². The van der Waals surface area contributed by atoms with E-state index < -0.39 is 5.54 Å². The molecule has 7 heteroatoms. The number of hydrogen-bond donors (Lipinski definition) is 1. The van der Waals surface area contributed by atoms with E-state index in [2.05, 4.69) is 15.1 Å². The van der Waals surface area contributed by atoms with Crippen LogP contribution in [-0.4, -0.2) is 22.2 Å². The normalized spacial score (nSPS) is 17.0. The first-order valence-corrected chi connectivity index (χ1v) is 6.85. The summed E-state index contributed by atoms with van der Waals surface area (Å²) in [5.41, 5.74) is 6.71. The molecule has 2 aromatic rings. The minimum atomic E-state index is -0.469. The minimum absolute atomic E-state index is 0. The summed E-state index contributed by atoms with van der Waals surface area (Å²) in [5, 5.41) is 4.02. The van der Waals surface area contributed by atoms with Gasteiger partial charge in [-0.1, -0.05) is 24.4 Å². The molecular formula is C14H19ClN4O2. The average molecular weight is 311 g/mol. The quantitative estimate of drug-likeness (QED) is 0.937. The lowest BCUT2D eigenvalue weighted by Crippen LogP contribution is -2.38. The molecule has 2 N–H and O–H groups in total. The second-order valence-electron chi connectivity index (χ2n) is 5.23. The van der Waals surface area contributed by atoms with Crippen molar-refractivity contribution in [2.24, 2.45) is 5.73 Å². The molecule has 2 aromatic heterocycles. The molecule has 6 nitrogen and oxygen atoms in total. The van der Waals surface area contributed by atoms with Crippen LogP contribution in [0.1, 0.15) is 38.0 Å². The Bertz CT molecular complexity index is 579. The molecule has 1 aliphatic carbocycles. The van der Waals surface area contributed by atoms with Gasteiger partial charge >= 0.3 is 0 Å². The monoisotopic (exact) mass is 310 g/mol. The molecule has 0 radical (unpaired) electrons. The Kier molecular flexibility index (Phi) is 4.80. The third-order valence-corrected chi connectivity index (χ3v) is 3.80. The number of nitrogens with zero attached hydrogens (tertiary/aromatic N) is 3. The molecule has 1 fully saturated rings. The lowest BCUT2D eigenvalue weighted by Gasteiger charge is -2.29. The van der Waals surface area contributed by atoms with Crippen molar-refractivity contribution in [2.75, 3.05) is 7.11 Å². The third-order valence-electron chi connectivity index (χ3n) is 3.80. The van der Waals surface area contributed by atoms with Gasteiger partial charge in [0.25, 0.3) is 0 Å². The first kappa shape index (κ1) is 15.7. The second kappa shape index (κ2) is 6.41. The summed E-state index contributed by atoms with van der Waals surface area (Å²) in [5.74, 6) is 1.61. The number of rotatable bonds is 3. The van der Waals surface area contributed by atoms with Crippen molar-refractivity contribution in [1.82, 2.24) is 15.1 Å². The fourth-order valence-corrected chi connectivity index (χ4v) is 2.57. The summed E-state index contributed by atoms with van der Waals surface area (Å²) in [6.07, 6.45) is 6.90. The lowest BCUT2D eigenvalue weighted by molar-refractivity contribution is 0.220. The van der Waals surface area contributed by atoms with E-state index in [-0.39, 0.29) is 12.4 Å². The zero-order valence-corrected chi connectivity index (χ0v) is 12.7. The van der Waals surface area contributed by atoms with E-state index >= 15 is 0 Å². The number of ether oxygens (including phenoxy) is 1. The van der Waals surface area contributed by atoms with Crippen molar-refractivity contribution in [1.29, 1.82) is 0 Å². The topological polar surface area (TPSA) is 87.1 Å². The van der Waals surface area contributed by atoms with Crippen LogP contribution in [0.4, 0.5) is 0 Å². The van der Waals surface area contributed by atoms with Crippen LogP contribution in [0.2, 0.25) is 0 Å². The van der Waals surface area contributed by atoms with Gasteiger partial charge in [0, 0.05) is 17.8 Å². The molecule has 1 aliphatic rings. The average Bonchev–Trinajstić information content (AvgIpc) is 2.99. The standard InChI is InChI=1S/C14H18N4O2.ClH/c1-19-11-6-5-10(9-16-11)12-17-13(20-18-12)14(15)7-3-2-4-8-14;/h5-6,9H,2-4,7-8,15H2,1H3;1H. The Labute approximate surface area is 129 Å². The zero-order chi connectivity index (χ0) is 14.0. The first-order chi connectivity index (χ1) is 9.71. The van der Waals surface area contributed by atoms with Crippen molar-refractivity contribution in [3.63, 3.8) is 0 Å². The van der Waals surface area contributed by atoms with Gasteiger partial charge in [-0.3, -0.25) is 0 Å². The summed E-state index contributed by atoms with van der Waals surface area (Å²) in [4.78, 5) is 8.59. The molecule has 0 spiro atoms. The maximum absolute atomic E-state index is 6.39. The van der Waals surface area contributed by atoms with Crippen molar-refractivity contribution in [2.45, 2.75) is 37.6 Å². The number of hydrogen-bond acceptors (Lipinski definition) is 6. The van der Waals surface area contributed by atoms with Crippen molar-refractivity contribution >= 4 is 12.4 Å². The van der Waals surface area contributed by atoms with Gasteiger partial charge in [-0.25, -0.2) is 4.98 Å². The van der Waals surface area contributed by atoms with Gasteiger partial charge in [0.1, 0.15) is 0 Å². The molecule has 3 rings (SSSR count). The molecule has 0 saturated heterocycles. The number of methoxy groups -OCH3 is 1. The highest BCUT2D eigenvalue weighted by Crippen LogP contribution is 2.34. The third kappa shape index (κ3) is 3.16. The van der Waals surface area contributed by atoms with Gasteiger partial charge in [-0.15, -0.1) is 12.4 Å². The van der Waals surface area contributed by atoms with E-state index in [1.807, 2.05) is 6.07 Å². The Morgan fingerprint density at radius 1 is 1.24 bits per heavy atom. The molecule has 0 bridgehead atoms. The zero-order valence-electron chi connectivity index (χ0n) is 11.9. The highest BCUT2D eigenvalue weighted by molar-refractivity contribution is 5.85. The van der Waals surface area contributed by atoms with E-state index in [0.717, 1.165) is 31.2 Å². The SMILES string of the molecule is COc1ccc(-c2noc(C3(N)CCCCC3)n2)cn1.Cl. The highest BCUT2D eigenvalue weighted by atomic mass is 35.5. The summed E-state index contributed by atoms with van der Waals surface area (Å²) >= 11 is 0. The van der Waals surface area contributed by atoms with Crippen LogP contribution >= 0.6 is 12.4 Å². The molecule has 0 atom stereocenters. The van der Waals surface area contributed by atoms with E-state index in [0.29, 0.717) is 17.6 Å². The van der Waals surface area contributed by atoms with Gasteiger partial charge < -0.3 is 15.0 Å². The Morgan fingerprint density at radius 3 is 2.62 bits per heavy atom. The molecule has 0 unspecified atom stereocenters. The Morgan fingerprint density at radius 2 is 2.00 bits per heavy atom. The largest absolute Gasteiger partial charge is 0.481 e. The maximum atomic E-state index is 6.39. The highest BCUT2D eigenvalue weighted by Gasteiger charge is 2.35. The van der Waals surface area contributed by atoms with Crippen LogP contribution in [0.3, 0.4) is 0 Å². The van der Waals surface area contributed by atoms with E-state index in [1.54, 1.807) is 19.4 Å². The summed E-state index contributed by atoms with van der Waals surface area (Å²) in [6, 6.07) is 3.62. The number of pyridine rings is 1. The lowest BCUT2D eigenvalue weighted by atomic mass is 9.82. The molecule has 21 heavy (non-hydrogen) atoms. The molecule has 0 amide bonds. The van der Waals surface area contributed by atoms with Crippen LogP contribution in [-0.2, 0) is 5.54 Å². The maximum Gasteiger partial charge on any atom is 0.247 e. The van der Waals surface area contributed by atoms with Gasteiger partial charge in [0.2, 0.25) is 17.6 Å². The van der Waals surface area contributed by atoms with Crippen LogP contribution in [0.25, 0.3) is 11.4 Å². The summed E-state index contributed by atoms with van der Waals surface area (Å²) < 4.78 is 10.4. The van der Waals surface area contributed by atoms with Gasteiger partial charge in [0.15, 0.2) is 0 Å². The Hall–Kier alpha value is -1.66. The van der Waals surface area contributed by atoms with Crippen LogP contribution in [0.15, 0.2) is 22.9 Å². The van der Waals surface area contributed by atoms with Gasteiger partial charge in [-0.05, 0) is 18.9 Å².